The first-order chi connectivity index (χ1) is 19.0. The van der Waals surface area contributed by atoms with Gasteiger partial charge in [0.2, 0.25) is 0 Å². The smallest absolute Gasteiger partial charge is 0.187 e. The number of Topliss-reactive ketones (excluding diaryl/α,β-unsaturated/α-hetero) is 2. The van der Waals surface area contributed by atoms with Crippen molar-refractivity contribution in [2.45, 2.75) is 80.1 Å². The lowest BCUT2D eigenvalue weighted by Gasteiger charge is -2.44. The minimum Gasteiger partial charge on any atom is -0.346 e. The quantitative estimate of drug-likeness (QED) is 0.364. The summed E-state index contributed by atoms with van der Waals surface area (Å²) in [5.41, 5.74) is 5.41. The van der Waals surface area contributed by atoms with E-state index in [1.54, 1.807) is 46.0 Å². The molecule has 0 N–H and O–H groups in total. The Balaban J connectivity index is 2.00. The maximum absolute atomic E-state index is 14.4. The van der Waals surface area contributed by atoms with E-state index in [1.165, 1.54) is 16.7 Å². The number of aliphatic imine (C=N–C) groups is 1. The highest BCUT2D eigenvalue weighted by Gasteiger charge is 2.53. The van der Waals surface area contributed by atoms with Gasteiger partial charge in [-0.1, -0.05) is 39.0 Å². The standard InChI is InChI=1S/C35H40N4O2/c1-11-27(40)22-12-13-23-24(16-22)29(33(4,5)18-36)30(34(6,7)19-37)32(41)31(23)38-17-28-35(8,9)25-14-20(2)21(3)15-26(25)39(28)10/h12-17,29-30H,11H2,1-10H3/b28-17+,38-31?. The van der Waals surface area contributed by atoms with Crippen molar-refractivity contribution >= 4 is 23.0 Å². The molecule has 2 atom stereocenters. The van der Waals surface area contributed by atoms with Crippen molar-refractivity contribution in [1.29, 1.82) is 10.5 Å². The third-order valence-corrected chi connectivity index (χ3v) is 9.23. The Kier molecular flexibility index (Phi) is 7.38. The number of rotatable bonds is 5. The number of anilines is 1. The number of likely N-dealkylation sites (N-methyl/N-ethyl adjacent to an activating group) is 1. The number of ketones is 2. The molecule has 6 nitrogen and oxygen atoms in total. The van der Waals surface area contributed by atoms with Crippen molar-refractivity contribution in [3.63, 3.8) is 0 Å². The first-order valence-electron chi connectivity index (χ1n) is 14.2. The molecule has 4 rings (SSSR count). The monoisotopic (exact) mass is 548 g/mol. The van der Waals surface area contributed by atoms with E-state index < -0.39 is 22.7 Å². The molecule has 0 spiro atoms. The molecule has 0 saturated carbocycles. The average molecular weight is 549 g/mol. The van der Waals surface area contributed by atoms with Gasteiger partial charge >= 0.3 is 0 Å². The van der Waals surface area contributed by atoms with Gasteiger partial charge in [-0.15, -0.1) is 0 Å². The van der Waals surface area contributed by atoms with Gasteiger partial charge in [0.15, 0.2) is 11.6 Å². The van der Waals surface area contributed by atoms with E-state index in [1.807, 2.05) is 20.0 Å². The maximum atomic E-state index is 14.4. The number of nitrogens with zero attached hydrogens (tertiary/aromatic N) is 4. The summed E-state index contributed by atoms with van der Waals surface area (Å²) in [4.78, 5) is 34.1. The number of hydrogen-bond acceptors (Lipinski definition) is 6. The van der Waals surface area contributed by atoms with Crippen LogP contribution < -0.4 is 4.90 Å². The molecular formula is C35H40N4O2. The summed E-state index contributed by atoms with van der Waals surface area (Å²) in [6, 6.07) is 14.5. The predicted octanol–water partition coefficient (Wildman–Crippen LogP) is 7.34. The lowest BCUT2D eigenvalue weighted by atomic mass is 9.56. The molecule has 2 aliphatic rings. The Morgan fingerprint density at radius 3 is 2.20 bits per heavy atom. The molecule has 6 heteroatoms. The fraction of sp³-hybridized carbons (Fsp3) is 0.457. The van der Waals surface area contributed by atoms with Crippen LogP contribution in [-0.2, 0) is 10.2 Å². The molecule has 0 amide bonds. The van der Waals surface area contributed by atoms with E-state index in [9.17, 15) is 20.1 Å². The van der Waals surface area contributed by atoms with E-state index in [4.69, 9.17) is 4.99 Å². The van der Waals surface area contributed by atoms with Crippen molar-refractivity contribution in [1.82, 2.24) is 0 Å². The van der Waals surface area contributed by atoms with Crippen LogP contribution in [-0.4, -0.2) is 24.3 Å². The molecule has 1 heterocycles. The summed E-state index contributed by atoms with van der Waals surface area (Å²) in [7, 11) is 2.01. The fourth-order valence-electron chi connectivity index (χ4n) is 6.49. The highest BCUT2D eigenvalue weighted by Crippen LogP contribution is 2.52. The van der Waals surface area contributed by atoms with Crippen molar-refractivity contribution in [2.75, 3.05) is 11.9 Å². The normalized spacial score (nSPS) is 21.9. The van der Waals surface area contributed by atoms with Crippen LogP contribution in [0.25, 0.3) is 0 Å². The number of hydrogen-bond donors (Lipinski definition) is 0. The minimum atomic E-state index is -1.08. The molecule has 2 aromatic rings. The number of fused-ring (bicyclic) bond motifs is 2. The number of nitriles is 2. The van der Waals surface area contributed by atoms with Crippen molar-refractivity contribution < 1.29 is 9.59 Å². The molecule has 0 bridgehead atoms. The van der Waals surface area contributed by atoms with Gasteiger partial charge in [-0.2, -0.15) is 10.5 Å². The zero-order valence-corrected chi connectivity index (χ0v) is 25.9. The number of allylic oxidation sites excluding steroid dienone is 1. The summed E-state index contributed by atoms with van der Waals surface area (Å²) < 4.78 is 0. The van der Waals surface area contributed by atoms with E-state index >= 15 is 0 Å². The molecule has 2 aromatic carbocycles. The second-order valence-electron chi connectivity index (χ2n) is 13.2. The number of benzene rings is 2. The summed E-state index contributed by atoms with van der Waals surface area (Å²) >= 11 is 0. The third-order valence-electron chi connectivity index (χ3n) is 9.23. The molecule has 0 radical (unpaired) electrons. The molecule has 1 aliphatic heterocycles. The summed E-state index contributed by atoms with van der Waals surface area (Å²) in [5, 5.41) is 20.4. The van der Waals surface area contributed by atoms with E-state index in [2.05, 4.69) is 56.9 Å². The van der Waals surface area contributed by atoms with Crippen LogP contribution in [0.5, 0.6) is 0 Å². The van der Waals surface area contributed by atoms with Gasteiger partial charge < -0.3 is 4.90 Å². The van der Waals surface area contributed by atoms with Crippen LogP contribution in [0, 0.1) is 53.3 Å². The predicted molar refractivity (Wildman–Crippen MR) is 163 cm³/mol. The van der Waals surface area contributed by atoms with Crippen LogP contribution in [0.1, 0.15) is 99.0 Å². The minimum absolute atomic E-state index is 0.0207. The summed E-state index contributed by atoms with van der Waals surface area (Å²) in [6.07, 6.45) is 2.12. The number of carbonyl (C=O) groups is 2. The van der Waals surface area contributed by atoms with Gasteiger partial charge in [0.25, 0.3) is 0 Å². The Morgan fingerprint density at radius 2 is 1.61 bits per heavy atom. The summed E-state index contributed by atoms with van der Waals surface area (Å²) in [6.45, 7) is 17.4. The third kappa shape index (κ3) is 4.70. The average Bonchev–Trinajstić information content (AvgIpc) is 3.10. The van der Waals surface area contributed by atoms with E-state index in [0.29, 0.717) is 17.5 Å². The molecule has 0 aromatic heterocycles. The molecule has 0 fully saturated rings. The van der Waals surface area contributed by atoms with Crippen LogP contribution in [0.15, 0.2) is 47.2 Å². The second kappa shape index (κ2) is 10.1. The van der Waals surface area contributed by atoms with E-state index in [0.717, 1.165) is 16.9 Å². The van der Waals surface area contributed by atoms with Crippen LogP contribution in [0.2, 0.25) is 0 Å². The van der Waals surface area contributed by atoms with Gasteiger partial charge in [0, 0.05) is 53.5 Å². The lowest BCUT2D eigenvalue weighted by molar-refractivity contribution is -0.121. The molecule has 2 unspecified atom stereocenters. The van der Waals surface area contributed by atoms with Gasteiger partial charge in [0.05, 0.1) is 28.9 Å². The fourth-order valence-corrected chi connectivity index (χ4v) is 6.49. The van der Waals surface area contributed by atoms with Gasteiger partial charge in [-0.25, -0.2) is 0 Å². The SMILES string of the molecule is CCC(=O)c1ccc2c(c1)C(C(C)(C)C#N)C(C(C)(C)C#N)C(=O)C2=N/C=C1/N(C)c2cc(C)c(C)cc2C1(C)C. The molecule has 0 saturated heterocycles. The highest BCUT2D eigenvalue weighted by molar-refractivity contribution is 6.48. The first-order valence-corrected chi connectivity index (χ1v) is 14.2. The first kappa shape index (κ1) is 29.9. The highest BCUT2D eigenvalue weighted by atomic mass is 16.1. The topological polar surface area (TPSA) is 97.3 Å². The van der Waals surface area contributed by atoms with Gasteiger partial charge in [-0.05, 0) is 75.9 Å². The van der Waals surface area contributed by atoms with Crippen LogP contribution in [0.3, 0.4) is 0 Å². The Hall–Kier alpha value is -4.03. The van der Waals surface area contributed by atoms with Gasteiger partial charge in [0.1, 0.15) is 5.71 Å². The second-order valence-corrected chi connectivity index (χ2v) is 13.2. The zero-order valence-electron chi connectivity index (χ0n) is 25.9. The number of carbonyl (C=O) groups excluding carboxylic acids is 2. The maximum Gasteiger partial charge on any atom is 0.187 e. The van der Waals surface area contributed by atoms with Crippen molar-refractivity contribution in [2.24, 2.45) is 21.7 Å². The van der Waals surface area contributed by atoms with E-state index in [-0.39, 0.29) is 22.7 Å². The summed E-state index contributed by atoms with van der Waals surface area (Å²) in [5.74, 6) is -1.70. The van der Waals surface area contributed by atoms with Gasteiger partial charge in [-0.3, -0.25) is 14.6 Å². The number of aryl methyl sites for hydroxylation is 2. The van der Waals surface area contributed by atoms with Crippen molar-refractivity contribution in [3.8, 4) is 12.1 Å². The molecular weight excluding hydrogens is 508 g/mol. The zero-order chi connectivity index (χ0) is 30.7. The van der Waals surface area contributed by atoms with Crippen LogP contribution in [0.4, 0.5) is 5.69 Å². The Labute approximate surface area is 244 Å². The Morgan fingerprint density at radius 1 is 1.02 bits per heavy atom. The largest absolute Gasteiger partial charge is 0.346 e. The molecule has 41 heavy (non-hydrogen) atoms. The molecule has 1 aliphatic carbocycles. The molecule has 212 valence electrons. The van der Waals surface area contributed by atoms with Crippen molar-refractivity contribution in [3.05, 3.63) is 75.6 Å². The lowest BCUT2D eigenvalue weighted by Crippen LogP contribution is -2.47. The Bertz CT molecular complexity index is 1610. The van der Waals surface area contributed by atoms with Crippen LogP contribution >= 0.6 is 0 Å².